The summed E-state index contributed by atoms with van der Waals surface area (Å²) >= 11 is 1.62. The van der Waals surface area contributed by atoms with Crippen molar-refractivity contribution >= 4 is 23.6 Å². The number of carboxylic acids is 1. The van der Waals surface area contributed by atoms with Gasteiger partial charge in [-0.1, -0.05) is 32.9 Å². The number of nitrogens with one attached hydrogen (secondary N) is 1. The normalized spacial score (nSPS) is 13.8. The summed E-state index contributed by atoms with van der Waals surface area (Å²) in [5.74, 6) is -0.960. The third-order valence-electron chi connectivity index (χ3n) is 3.63. The second-order valence-electron chi connectivity index (χ2n) is 5.46. The summed E-state index contributed by atoms with van der Waals surface area (Å²) in [6.45, 7) is 5.81. The molecule has 0 saturated carbocycles. The minimum absolute atomic E-state index is 0.106. The van der Waals surface area contributed by atoms with E-state index in [0.29, 0.717) is 0 Å². The molecule has 0 heterocycles. The predicted molar refractivity (Wildman–Crippen MR) is 85.4 cm³/mol. The van der Waals surface area contributed by atoms with E-state index in [0.717, 1.165) is 10.5 Å². The molecule has 0 fully saturated rings. The Labute approximate surface area is 130 Å². The van der Waals surface area contributed by atoms with Crippen molar-refractivity contribution in [3.8, 4) is 0 Å². The zero-order valence-corrected chi connectivity index (χ0v) is 13.7. The molecule has 5 heteroatoms. The maximum Gasteiger partial charge on any atom is 0.305 e. The highest BCUT2D eigenvalue weighted by atomic mass is 32.2. The zero-order valence-electron chi connectivity index (χ0n) is 12.9. The van der Waals surface area contributed by atoms with Crippen LogP contribution in [0.25, 0.3) is 0 Å². The van der Waals surface area contributed by atoms with Crippen LogP contribution in [0, 0.1) is 11.8 Å². The summed E-state index contributed by atoms with van der Waals surface area (Å²) in [6, 6.07) is 7.13. The summed E-state index contributed by atoms with van der Waals surface area (Å²) in [7, 11) is 0. The Balaban J connectivity index is 2.89. The molecule has 0 aliphatic carbocycles. The second kappa shape index (κ2) is 8.08. The molecule has 21 heavy (non-hydrogen) atoms. The van der Waals surface area contributed by atoms with E-state index in [4.69, 9.17) is 5.11 Å². The van der Waals surface area contributed by atoms with Crippen molar-refractivity contribution in [2.24, 2.45) is 11.8 Å². The average molecular weight is 309 g/mol. The molecule has 2 N–H and O–H groups in total. The van der Waals surface area contributed by atoms with Crippen LogP contribution in [0.2, 0.25) is 0 Å². The summed E-state index contributed by atoms with van der Waals surface area (Å²) < 4.78 is 0. The molecule has 116 valence electrons. The molecule has 0 aromatic heterocycles. The van der Waals surface area contributed by atoms with Crippen molar-refractivity contribution in [1.82, 2.24) is 5.32 Å². The minimum Gasteiger partial charge on any atom is -0.481 e. The number of benzene rings is 1. The van der Waals surface area contributed by atoms with Gasteiger partial charge in [0.1, 0.15) is 0 Å². The van der Waals surface area contributed by atoms with E-state index in [-0.39, 0.29) is 24.2 Å². The van der Waals surface area contributed by atoms with Gasteiger partial charge in [0.25, 0.3) is 0 Å². The lowest BCUT2D eigenvalue weighted by molar-refractivity contribution is -0.138. The number of rotatable bonds is 7. The van der Waals surface area contributed by atoms with Gasteiger partial charge in [-0.05, 0) is 29.9 Å². The summed E-state index contributed by atoms with van der Waals surface area (Å²) in [6.07, 6.45) is 1.87. The maximum atomic E-state index is 12.2. The van der Waals surface area contributed by atoms with Gasteiger partial charge in [0.05, 0.1) is 12.5 Å². The van der Waals surface area contributed by atoms with Gasteiger partial charge in [0.2, 0.25) is 5.91 Å². The van der Waals surface area contributed by atoms with Crippen molar-refractivity contribution in [2.45, 2.75) is 38.1 Å². The molecule has 1 amide bonds. The van der Waals surface area contributed by atoms with Crippen LogP contribution in [-0.4, -0.2) is 23.2 Å². The monoisotopic (exact) mass is 309 g/mol. The van der Waals surface area contributed by atoms with Crippen LogP contribution in [0.5, 0.6) is 0 Å². The van der Waals surface area contributed by atoms with Crippen LogP contribution in [0.3, 0.4) is 0 Å². The van der Waals surface area contributed by atoms with Crippen LogP contribution >= 0.6 is 11.8 Å². The molecule has 0 spiro atoms. The molecular weight excluding hydrogens is 286 g/mol. The third kappa shape index (κ3) is 5.42. The molecule has 2 unspecified atom stereocenters. The molecule has 1 aromatic carbocycles. The smallest absolute Gasteiger partial charge is 0.305 e. The van der Waals surface area contributed by atoms with E-state index >= 15 is 0 Å². The molecule has 2 atom stereocenters. The van der Waals surface area contributed by atoms with Gasteiger partial charge in [-0.25, -0.2) is 0 Å². The largest absolute Gasteiger partial charge is 0.481 e. The minimum atomic E-state index is -0.925. The molecule has 0 saturated heterocycles. The van der Waals surface area contributed by atoms with Crippen LogP contribution < -0.4 is 5.32 Å². The lowest BCUT2D eigenvalue weighted by atomic mass is 9.95. The summed E-state index contributed by atoms with van der Waals surface area (Å²) in [4.78, 5) is 24.3. The highest BCUT2D eigenvalue weighted by molar-refractivity contribution is 7.98. The van der Waals surface area contributed by atoms with Crippen molar-refractivity contribution in [3.63, 3.8) is 0 Å². The van der Waals surface area contributed by atoms with Gasteiger partial charge >= 0.3 is 5.97 Å². The predicted octanol–water partition coefficient (Wildman–Crippen LogP) is 3.33. The Morgan fingerprint density at radius 3 is 2.19 bits per heavy atom. The Morgan fingerprint density at radius 1 is 1.19 bits per heavy atom. The van der Waals surface area contributed by atoms with Crippen LogP contribution in [0.15, 0.2) is 29.2 Å². The summed E-state index contributed by atoms with van der Waals surface area (Å²) in [5.41, 5.74) is 0.819. The lowest BCUT2D eigenvalue weighted by Gasteiger charge is -2.22. The van der Waals surface area contributed by atoms with E-state index in [1.54, 1.807) is 11.8 Å². The maximum absolute atomic E-state index is 12.2. The number of hydrogen-bond donors (Lipinski definition) is 2. The Morgan fingerprint density at radius 2 is 1.76 bits per heavy atom. The fourth-order valence-electron chi connectivity index (χ4n) is 1.87. The number of carbonyl (C=O) groups excluding carboxylic acids is 1. The second-order valence-corrected chi connectivity index (χ2v) is 6.34. The first kappa shape index (κ1) is 17.6. The zero-order chi connectivity index (χ0) is 16.0. The van der Waals surface area contributed by atoms with Gasteiger partial charge < -0.3 is 10.4 Å². The van der Waals surface area contributed by atoms with Crippen molar-refractivity contribution < 1.29 is 14.7 Å². The first-order valence-electron chi connectivity index (χ1n) is 7.01. The van der Waals surface area contributed by atoms with Gasteiger partial charge in [-0.3, -0.25) is 9.59 Å². The van der Waals surface area contributed by atoms with Crippen molar-refractivity contribution in [2.75, 3.05) is 6.26 Å². The number of thioether (sulfide) groups is 1. The molecule has 4 nitrogen and oxygen atoms in total. The Hall–Kier alpha value is -1.49. The number of carboxylic acid groups (broad SMARTS) is 1. The molecule has 0 aliphatic rings. The third-order valence-corrected chi connectivity index (χ3v) is 4.37. The van der Waals surface area contributed by atoms with E-state index in [9.17, 15) is 9.59 Å². The first-order chi connectivity index (χ1) is 9.85. The lowest BCUT2D eigenvalue weighted by Crippen LogP contribution is -2.35. The van der Waals surface area contributed by atoms with Crippen LogP contribution in [0.1, 0.15) is 38.8 Å². The molecule has 0 bridgehead atoms. The Bertz CT molecular complexity index is 485. The first-order valence-corrected chi connectivity index (χ1v) is 8.23. The van der Waals surface area contributed by atoms with E-state index < -0.39 is 12.0 Å². The van der Waals surface area contributed by atoms with Crippen molar-refractivity contribution in [1.29, 1.82) is 0 Å². The van der Waals surface area contributed by atoms with Gasteiger partial charge in [-0.15, -0.1) is 11.8 Å². The van der Waals surface area contributed by atoms with Gasteiger partial charge in [-0.2, -0.15) is 0 Å². The number of aliphatic carboxylic acids is 1. The quantitative estimate of drug-likeness (QED) is 0.758. The Kier molecular flexibility index (Phi) is 6.75. The van der Waals surface area contributed by atoms with Gasteiger partial charge in [0, 0.05) is 10.8 Å². The highest BCUT2D eigenvalue weighted by Gasteiger charge is 2.22. The van der Waals surface area contributed by atoms with Gasteiger partial charge in [0.15, 0.2) is 0 Å². The standard InChI is InChI=1S/C16H23NO3S/c1-10(2)11(3)16(20)17-14(9-15(18)19)12-5-7-13(21-4)8-6-12/h5-8,10-11,14H,9H2,1-4H3,(H,17,20)(H,18,19). The molecule has 1 rings (SSSR count). The van der Waals surface area contributed by atoms with Crippen LogP contribution in [0.4, 0.5) is 0 Å². The number of amides is 1. The number of hydrogen-bond acceptors (Lipinski definition) is 3. The van der Waals surface area contributed by atoms with E-state index in [1.807, 2.05) is 51.3 Å². The number of carbonyl (C=O) groups is 2. The van der Waals surface area contributed by atoms with E-state index in [2.05, 4.69) is 5.32 Å². The van der Waals surface area contributed by atoms with Crippen LogP contribution in [-0.2, 0) is 9.59 Å². The molecule has 0 radical (unpaired) electrons. The summed E-state index contributed by atoms with van der Waals surface area (Å²) in [5, 5.41) is 11.9. The molecule has 0 aliphatic heterocycles. The topological polar surface area (TPSA) is 66.4 Å². The fraction of sp³-hybridized carbons (Fsp3) is 0.500. The van der Waals surface area contributed by atoms with Crippen molar-refractivity contribution in [3.05, 3.63) is 29.8 Å². The molecular formula is C16H23NO3S. The fourth-order valence-corrected chi connectivity index (χ4v) is 2.28. The molecule has 1 aromatic rings. The highest BCUT2D eigenvalue weighted by Crippen LogP contribution is 2.22. The van der Waals surface area contributed by atoms with E-state index in [1.165, 1.54) is 0 Å². The average Bonchev–Trinajstić information content (AvgIpc) is 2.45. The SMILES string of the molecule is CSc1ccc(C(CC(=O)O)NC(=O)C(C)C(C)C)cc1.